The first-order chi connectivity index (χ1) is 18.8. The highest BCUT2D eigenvalue weighted by Crippen LogP contribution is 2.29. The van der Waals surface area contributed by atoms with Crippen molar-refractivity contribution in [2.45, 2.75) is 52.9 Å². The molecule has 0 bridgehead atoms. The van der Waals surface area contributed by atoms with Crippen molar-refractivity contribution in [3.05, 3.63) is 59.7 Å². The number of anilines is 1. The van der Waals surface area contributed by atoms with Gasteiger partial charge in [0.15, 0.2) is 11.5 Å². The number of benzene rings is 2. The Bertz CT molecular complexity index is 1130. The Kier molecular flexibility index (Phi) is 14.5. The lowest BCUT2D eigenvalue weighted by atomic mass is 10.1. The molecule has 0 atom stereocenters. The highest BCUT2D eigenvalue weighted by molar-refractivity contribution is 7.92. The van der Waals surface area contributed by atoms with Gasteiger partial charge in [0.25, 0.3) is 0 Å². The Labute approximate surface area is 234 Å². The Morgan fingerprint density at radius 3 is 2.28 bits per heavy atom. The summed E-state index contributed by atoms with van der Waals surface area (Å²) >= 11 is 0. The van der Waals surface area contributed by atoms with Crippen molar-refractivity contribution in [2.75, 3.05) is 50.1 Å². The summed E-state index contributed by atoms with van der Waals surface area (Å²) in [5.41, 5.74) is 2.47. The molecule has 0 fully saturated rings. The van der Waals surface area contributed by atoms with Crippen LogP contribution in [0.5, 0.6) is 11.5 Å². The average Bonchev–Trinajstić information content (AvgIpc) is 2.94. The molecule has 0 aliphatic heterocycles. The summed E-state index contributed by atoms with van der Waals surface area (Å²) < 4.78 is 48.5. The fraction of sp³-hybridized carbons (Fsp3) is 0.500. The van der Waals surface area contributed by atoms with E-state index in [-0.39, 0.29) is 12.4 Å². The molecule has 0 N–H and O–H groups in total. The maximum atomic E-state index is 12.5. The predicted octanol–water partition coefficient (Wildman–Crippen LogP) is 5.65. The Morgan fingerprint density at radius 1 is 0.872 bits per heavy atom. The van der Waals surface area contributed by atoms with Crippen LogP contribution in [0, 0.1) is 0 Å². The minimum atomic E-state index is -3.32. The number of carbonyl (C=O) groups is 1. The quantitative estimate of drug-likeness (QED) is 0.124. The minimum Gasteiger partial charge on any atom is -0.490 e. The SMILES string of the molecule is CCCCOc1cc(C=CC(=O)OCCOCC)ccc1OCCc1ccc(N(C)S(=O)(=O)CCCC)cc1. The van der Waals surface area contributed by atoms with E-state index in [0.717, 1.165) is 30.4 Å². The van der Waals surface area contributed by atoms with Crippen LogP contribution in [0.2, 0.25) is 0 Å². The van der Waals surface area contributed by atoms with Crippen molar-refractivity contribution < 1.29 is 32.2 Å². The molecule has 0 amide bonds. The molecule has 2 rings (SSSR count). The lowest BCUT2D eigenvalue weighted by Gasteiger charge is -2.19. The fourth-order valence-corrected chi connectivity index (χ4v) is 4.89. The number of hydrogen-bond acceptors (Lipinski definition) is 7. The molecule has 0 saturated carbocycles. The van der Waals surface area contributed by atoms with Crippen LogP contribution in [0.15, 0.2) is 48.5 Å². The molecular formula is C30H43NO7S. The molecule has 0 aliphatic carbocycles. The summed E-state index contributed by atoms with van der Waals surface area (Å²) in [5, 5.41) is 0. The van der Waals surface area contributed by atoms with Gasteiger partial charge in [-0.25, -0.2) is 13.2 Å². The highest BCUT2D eigenvalue weighted by atomic mass is 32.2. The van der Waals surface area contributed by atoms with Gasteiger partial charge in [0.05, 0.1) is 31.3 Å². The van der Waals surface area contributed by atoms with Crippen molar-refractivity contribution in [1.82, 2.24) is 0 Å². The lowest BCUT2D eigenvalue weighted by Crippen LogP contribution is -2.28. The largest absolute Gasteiger partial charge is 0.490 e. The van der Waals surface area contributed by atoms with E-state index < -0.39 is 16.0 Å². The zero-order valence-corrected chi connectivity index (χ0v) is 24.5. The van der Waals surface area contributed by atoms with Gasteiger partial charge in [-0.15, -0.1) is 0 Å². The van der Waals surface area contributed by atoms with Crippen LogP contribution < -0.4 is 13.8 Å². The first-order valence-electron chi connectivity index (χ1n) is 13.7. The maximum Gasteiger partial charge on any atom is 0.330 e. The molecule has 0 radical (unpaired) electrons. The monoisotopic (exact) mass is 561 g/mol. The number of carbonyl (C=O) groups excluding carboxylic acids is 1. The Morgan fingerprint density at radius 2 is 1.59 bits per heavy atom. The topological polar surface area (TPSA) is 91.4 Å². The van der Waals surface area contributed by atoms with E-state index in [1.54, 1.807) is 13.1 Å². The zero-order chi connectivity index (χ0) is 28.5. The fourth-order valence-electron chi connectivity index (χ4n) is 3.52. The molecule has 2 aromatic rings. The summed E-state index contributed by atoms with van der Waals surface area (Å²) in [4.78, 5) is 11.9. The summed E-state index contributed by atoms with van der Waals surface area (Å²) in [5.74, 6) is 0.954. The molecule has 9 heteroatoms. The second kappa shape index (κ2) is 17.5. The Hall–Kier alpha value is -3.04. The lowest BCUT2D eigenvalue weighted by molar-refractivity contribution is -0.139. The zero-order valence-electron chi connectivity index (χ0n) is 23.7. The molecule has 8 nitrogen and oxygen atoms in total. The van der Waals surface area contributed by atoms with Crippen molar-refractivity contribution in [1.29, 1.82) is 0 Å². The molecule has 2 aromatic carbocycles. The highest BCUT2D eigenvalue weighted by Gasteiger charge is 2.17. The van der Waals surface area contributed by atoms with Crippen LogP contribution in [0.4, 0.5) is 5.69 Å². The summed E-state index contributed by atoms with van der Waals surface area (Å²) in [6.07, 6.45) is 7.12. The first-order valence-corrected chi connectivity index (χ1v) is 15.3. The van der Waals surface area contributed by atoms with Crippen molar-refractivity contribution in [2.24, 2.45) is 0 Å². The van der Waals surface area contributed by atoms with E-state index in [9.17, 15) is 13.2 Å². The standard InChI is InChI=1S/C30H43NO7S/c1-5-8-19-36-29-24-26(13-17-30(32)38-22-21-35-7-3)12-16-28(29)37-20-18-25-10-14-27(15-11-25)31(4)39(33,34)23-9-6-2/h10-17,24H,5-9,18-23H2,1-4H3. The molecule has 0 unspecified atom stereocenters. The molecule has 0 heterocycles. The third-order valence-electron chi connectivity index (χ3n) is 5.93. The van der Waals surface area contributed by atoms with E-state index in [1.807, 2.05) is 56.3 Å². The molecular weight excluding hydrogens is 518 g/mol. The van der Waals surface area contributed by atoms with Gasteiger partial charge in [-0.05, 0) is 61.2 Å². The van der Waals surface area contributed by atoms with E-state index in [1.165, 1.54) is 10.4 Å². The number of nitrogens with zero attached hydrogens (tertiary/aromatic N) is 1. The van der Waals surface area contributed by atoms with E-state index in [0.29, 0.717) is 56.5 Å². The molecule has 216 valence electrons. The van der Waals surface area contributed by atoms with Crippen LogP contribution >= 0.6 is 0 Å². The number of hydrogen-bond donors (Lipinski definition) is 0. The normalized spacial score (nSPS) is 11.5. The van der Waals surface area contributed by atoms with Gasteiger partial charge < -0.3 is 18.9 Å². The van der Waals surface area contributed by atoms with Gasteiger partial charge in [0, 0.05) is 26.2 Å². The predicted molar refractivity (Wildman–Crippen MR) is 156 cm³/mol. The van der Waals surface area contributed by atoms with Gasteiger partial charge in [-0.2, -0.15) is 0 Å². The number of ether oxygens (including phenoxy) is 4. The smallest absolute Gasteiger partial charge is 0.330 e. The molecule has 0 aromatic heterocycles. The molecule has 0 aliphatic rings. The average molecular weight is 562 g/mol. The van der Waals surface area contributed by atoms with Gasteiger partial charge in [-0.3, -0.25) is 4.31 Å². The minimum absolute atomic E-state index is 0.144. The first kappa shape index (κ1) is 32.2. The van der Waals surface area contributed by atoms with Gasteiger partial charge >= 0.3 is 5.97 Å². The van der Waals surface area contributed by atoms with Crippen LogP contribution in [-0.2, 0) is 30.7 Å². The van der Waals surface area contributed by atoms with Crippen molar-refractivity contribution in [3.8, 4) is 11.5 Å². The molecule has 39 heavy (non-hydrogen) atoms. The summed E-state index contributed by atoms with van der Waals surface area (Å²) in [6.45, 7) is 8.12. The van der Waals surface area contributed by atoms with Crippen LogP contribution in [-0.4, -0.2) is 60.2 Å². The maximum absolute atomic E-state index is 12.5. The molecule has 0 saturated heterocycles. The summed E-state index contributed by atoms with van der Waals surface area (Å²) in [6, 6.07) is 13.0. The van der Waals surface area contributed by atoms with E-state index in [4.69, 9.17) is 18.9 Å². The second-order valence-electron chi connectivity index (χ2n) is 9.01. The molecule has 0 spiro atoms. The van der Waals surface area contributed by atoms with Crippen molar-refractivity contribution in [3.63, 3.8) is 0 Å². The number of sulfonamides is 1. The van der Waals surface area contributed by atoms with E-state index >= 15 is 0 Å². The summed E-state index contributed by atoms with van der Waals surface area (Å²) in [7, 11) is -1.73. The number of esters is 1. The number of unbranched alkanes of at least 4 members (excludes halogenated alkanes) is 2. The third kappa shape index (κ3) is 11.7. The van der Waals surface area contributed by atoms with Gasteiger partial charge in [0.1, 0.15) is 6.61 Å². The second-order valence-corrected chi connectivity index (χ2v) is 11.1. The van der Waals surface area contributed by atoms with Gasteiger partial charge in [0.2, 0.25) is 10.0 Å². The van der Waals surface area contributed by atoms with Crippen LogP contribution in [0.3, 0.4) is 0 Å². The van der Waals surface area contributed by atoms with E-state index in [2.05, 4.69) is 6.92 Å². The Balaban J connectivity index is 1.98. The number of rotatable bonds is 19. The van der Waals surface area contributed by atoms with Gasteiger partial charge in [-0.1, -0.05) is 44.9 Å². The van der Waals surface area contributed by atoms with Crippen LogP contribution in [0.25, 0.3) is 6.08 Å². The third-order valence-corrected chi connectivity index (χ3v) is 7.78. The van der Waals surface area contributed by atoms with Crippen LogP contribution in [0.1, 0.15) is 57.6 Å². The van der Waals surface area contributed by atoms with Crippen molar-refractivity contribution >= 4 is 27.8 Å².